The molecule has 0 aliphatic rings. The molecule has 2 heteroatoms. The number of aryl methyl sites for hydroxylation is 2. The van der Waals surface area contributed by atoms with E-state index < -0.39 is 0 Å². The van der Waals surface area contributed by atoms with E-state index in [-0.39, 0.29) is 0 Å². The molecule has 0 aliphatic carbocycles. The number of anilines is 1. The van der Waals surface area contributed by atoms with Crippen molar-refractivity contribution >= 4 is 5.69 Å². The fourth-order valence-corrected chi connectivity index (χ4v) is 2.37. The normalized spacial score (nSPS) is 10.5. The van der Waals surface area contributed by atoms with E-state index >= 15 is 0 Å². The minimum Gasteiger partial charge on any atom is -0.370 e. The van der Waals surface area contributed by atoms with Gasteiger partial charge < -0.3 is 10.6 Å². The van der Waals surface area contributed by atoms with E-state index in [1.54, 1.807) is 0 Å². The second-order valence-corrected chi connectivity index (χ2v) is 5.12. The van der Waals surface area contributed by atoms with Gasteiger partial charge in [0, 0.05) is 25.8 Å². The smallest absolute Gasteiger partial charge is 0.0429 e. The molecule has 0 bridgehead atoms. The lowest BCUT2D eigenvalue weighted by Gasteiger charge is -2.23. The summed E-state index contributed by atoms with van der Waals surface area (Å²) in [4.78, 5) is 2.27. The van der Waals surface area contributed by atoms with Crippen molar-refractivity contribution in [1.82, 2.24) is 0 Å². The summed E-state index contributed by atoms with van der Waals surface area (Å²) in [7, 11) is 2.12. The summed E-state index contributed by atoms with van der Waals surface area (Å²) in [6, 6.07) is 14.9. The van der Waals surface area contributed by atoms with Crippen LogP contribution in [0.15, 0.2) is 42.5 Å². The van der Waals surface area contributed by atoms with E-state index in [9.17, 15) is 0 Å². The molecule has 2 nitrogen and oxygen atoms in total. The van der Waals surface area contributed by atoms with Crippen molar-refractivity contribution in [3.8, 4) is 0 Å². The van der Waals surface area contributed by atoms with Crippen LogP contribution in [-0.4, -0.2) is 7.05 Å². The Labute approximate surface area is 115 Å². The highest BCUT2D eigenvalue weighted by Crippen LogP contribution is 2.22. The highest BCUT2D eigenvalue weighted by atomic mass is 15.1. The number of hydrogen-bond acceptors (Lipinski definition) is 2. The molecule has 2 aromatic carbocycles. The molecule has 0 radical (unpaired) electrons. The first-order valence-electron chi connectivity index (χ1n) is 6.67. The zero-order valence-electron chi connectivity index (χ0n) is 12.0. The predicted molar refractivity (Wildman–Crippen MR) is 82.4 cm³/mol. The minimum absolute atomic E-state index is 0.577. The molecule has 19 heavy (non-hydrogen) atoms. The first-order valence-corrected chi connectivity index (χ1v) is 6.67. The molecule has 0 spiro atoms. The van der Waals surface area contributed by atoms with Gasteiger partial charge in [0.25, 0.3) is 0 Å². The Morgan fingerprint density at radius 3 is 2.47 bits per heavy atom. The molecule has 0 saturated heterocycles. The summed E-state index contributed by atoms with van der Waals surface area (Å²) >= 11 is 0. The molecule has 2 rings (SSSR count). The van der Waals surface area contributed by atoms with Gasteiger partial charge in [0.2, 0.25) is 0 Å². The average Bonchev–Trinajstić information content (AvgIpc) is 2.42. The Morgan fingerprint density at radius 2 is 1.74 bits per heavy atom. The average molecular weight is 254 g/mol. The second kappa shape index (κ2) is 5.89. The lowest BCUT2D eigenvalue weighted by molar-refractivity contribution is 0.895. The second-order valence-electron chi connectivity index (χ2n) is 5.12. The number of nitrogens with two attached hydrogens (primary N) is 1. The Balaban J connectivity index is 2.25. The van der Waals surface area contributed by atoms with Crippen LogP contribution in [0.2, 0.25) is 0 Å². The van der Waals surface area contributed by atoms with Gasteiger partial charge in [-0.15, -0.1) is 0 Å². The molecule has 2 aromatic rings. The fourth-order valence-electron chi connectivity index (χ4n) is 2.37. The van der Waals surface area contributed by atoms with E-state index in [4.69, 9.17) is 5.73 Å². The van der Waals surface area contributed by atoms with Crippen LogP contribution in [0.3, 0.4) is 0 Å². The molecule has 0 saturated carbocycles. The molecule has 2 N–H and O–H groups in total. The quantitative estimate of drug-likeness (QED) is 0.906. The van der Waals surface area contributed by atoms with Gasteiger partial charge in [0.05, 0.1) is 0 Å². The summed E-state index contributed by atoms with van der Waals surface area (Å²) < 4.78 is 0. The van der Waals surface area contributed by atoms with Gasteiger partial charge in [0.15, 0.2) is 0 Å². The van der Waals surface area contributed by atoms with Crippen molar-refractivity contribution < 1.29 is 0 Å². The van der Waals surface area contributed by atoms with Gasteiger partial charge in [-0.3, -0.25) is 0 Å². The maximum atomic E-state index is 5.81. The summed E-state index contributed by atoms with van der Waals surface area (Å²) in [6.07, 6.45) is 0. The zero-order chi connectivity index (χ0) is 13.8. The van der Waals surface area contributed by atoms with Crippen molar-refractivity contribution in [3.05, 3.63) is 64.7 Å². The van der Waals surface area contributed by atoms with Crippen molar-refractivity contribution in [2.45, 2.75) is 26.9 Å². The molecule has 0 unspecified atom stereocenters. The predicted octanol–water partition coefficient (Wildman–Crippen LogP) is 3.40. The van der Waals surface area contributed by atoms with E-state index in [1.165, 1.54) is 27.9 Å². The van der Waals surface area contributed by atoms with Crippen LogP contribution in [0, 0.1) is 13.8 Å². The van der Waals surface area contributed by atoms with Crippen molar-refractivity contribution in [2.75, 3.05) is 11.9 Å². The lowest BCUT2D eigenvalue weighted by atomic mass is 10.0. The van der Waals surface area contributed by atoms with Crippen LogP contribution >= 0.6 is 0 Å². The van der Waals surface area contributed by atoms with Crippen LogP contribution in [0.25, 0.3) is 0 Å². The van der Waals surface area contributed by atoms with Crippen LogP contribution in [0.5, 0.6) is 0 Å². The maximum Gasteiger partial charge on any atom is 0.0429 e. The van der Waals surface area contributed by atoms with Gasteiger partial charge in [-0.05, 0) is 36.6 Å². The third-order valence-corrected chi connectivity index (χ3v) is 3.53. The van der Waals surface area contributed by atoms with E-state index in [1.807, 2.05) is 6.07 Å². The molecule has 0 aliphatic heterocycles. The summed E-state index contributed by atoms with van der Waals surface area (Å²) in [5, 5.41) is 0. The summed E-state index contributed by atoms with van der Waals surface area (Å²) in [5.74, 6) is 0. The van der Waals surface area contributed by atoms with Crippen molar-refractivity contribution in [2.24, 2.45) is 5.73 Å². The van der Waals surface area contributed by atoms with Crippen LogP contribution in [-0.2, 0) is 13.1 Å². The van der Waals surface area contributed by atoms with Crippen LogP contribution in [0.1, 0.15) is 22.3 Å². The number of hydrogen-bond donors (Lipinski definition) is 1. The first kappa shape index (κ1) is 13.6. The molecule has 0 heterocycles. The fraction of sp³-hybridized carbons (Fsp3) is 0.294. The molecule has 0 aromatic heterocycles. The molecule has 100 valence electrons. The van der Waals surface area contributed by atoms with Gasteiger partial charge in [0.1, 0.15) is 0 Å². The number of para-hydroxylation sites is 1. The molecular formula is C17H22N2. The Morgan fingerprint density at radius 1 is 1.00 bits per heavy atom. The van der Waals surface area contributed by atoms with Crippen LogP contribution in [0.4, 0.5) is 5.69 Å². The van der Waals surface area contributed by atoms with Gasteiger partial charge in [-0.25, -0.2) is 0 Å². The standard InChI is InChI=1S/C17H22N2/c1-13-8-9-14(2)16(10-13)12-19(3)17-7-5-4-6-15(17)11-18/h4-10H,11-12,18H2,1-3H3. The molecule has 0 atom stereocenters. The number of rotatable bonds is 4. The number of nitrogens with zero attached hydrogens (tertiary/aromatic N) is 1. The topological polar surface area (TPSA) is 29.3 Å². The van der Waals surface area contributed by atoms with Gasteiger partial charge in [-0.1, -0.05) is 42.0 Å². The van der Waals surface area contributed by atoms with E-state index in [0.717, 1.165) is 6.54 Å². The first-order chi connectivity index (χ1) is 9.11. The molecule has 0 fully saturated rings. The Hall–Kier alpha value is -1.80. The highest BCUT2D eigenvalue weighted by molar-refractivity contribution is 5.53. The third kappa shape index (κ3) is 3.15. The molecule has 0 amide bonds. The van der Waals surface area contributed by atoms with Gasteiger partial charge in [-0.2, -0.15) is 0 Å². The summed E-state index contributed by atoms with van der Waals surface area (Å²) in [5.41, 5.74) is 12.2. The highest BCUT2D eigenvalue weighted by Gasteiger charge is 2.08. The Bertz CT molecular complexity index is 561. The van der Waals surface area contributed by atoms with Crippen LogP contribution < -0.4 is 10.6 Å². The third-order valence-electron chi connectivity index (χ3n) is 3.53. The monoisotopic (exact) mass is 254 g/mol. The SMILES string of the molecule is Cc1ccc(C)c(CN(C)c2ccccc2CN)c1. The van der Waals surface area contributed by atoms with Crippen molar-refractivity contribution in [3.63, 3.8) is 0 Å². The summed E-state index contributed by atoms with van der Waals surface area (Å²) in [6.45, 7) is 5.78. The zero-order valence-corrected chi connectivity index (χ0v) is 12.0. The largest absolute Gasteiger partial charge is 0.370 e. The maximum absolute atomic E-state index is 5.81. The van der Waals surface area contributed by atoms with Crippen molar-refractivity contribution in [1.29, 1.82) is 0 Å². The molecular weight excluding hydrogens is 232 g/mol. The Kier molecular flexibility index (Phi) is 4.23. The lowest BCUT2D eigenvalue weighted by Crippen LogP contribution is -2.19. The minimum atomic E-state index is 0.577. The number of benzene rings is 2. The van der Waals surface area contributed by atoms with E-state index in [2.05, 4.69) is 62.2 Å². The van der Waals surface area contributed by atoms with E-state index in [0.29, 0.717) is 6.54 Å². The van der Waals surface area contributed by atoms with Gasteiger partial charge >= 0.3 is 0 Å².